The largest absolute Gasteiger partial charge is 0.352 e. The fraction of sp³-hybridized carbons (Fsp3) is 0.600. The Balaban J connectivity index is 1.64. The van der Waals surface area contributed by atoms with Gasteiger partial charge in [0.25, 0.3) is 0 Å². The van der Waals surface area contributed by atoms with Crippen molar-refractivity contribution >= 4 is 23.3 Å². The molecule has 120 valence electrons. The third-order valence-corrected chi connectivity index (χ3v) is 5.44. The zero-order chi connectivity index (χ0) is 15.5. The Morgan fingerprint density at radius 2 is 2.23 bits per heavy atom. The van der Waals surface area contributed by atoms with E-state index in [4.69, 9.17) is 5.73 Å². The monoisotopic (exact) mass is 322 g/mol. The first-order chi connectivity index (χ1) is 10.6. The lowest BCUT2D eigenvalue weighted by atomic mass is 10.1. The summed E-state index contributed by atoms with van der Waals surface area (Å²) < 4.78 is 0. The highest BCUT2D eigenvalue weighted by atomic mass is 32.1. The molecule has 0 radical (unpaired) electrons. The minimum absolute atomic E-state index is 0.0847. The number of urea groups is 1. The molecule has 4 N–H and O–H groups in total. The first-order valence-corrected chi connectivity index (χ1v) is 8.63. The molecule has 0 aliphatic carbocycles. The van der Waals surface area contributed by atoms with Gasteiger partial charge in [0.15, 0.2) is 0 Å². The Hall–Kier alpha value is -1.60. The van der Waals surface area contributed by atoms with E-state index in [0.29, 0.717) is 12.1 Å². The first kappa shape index (κ1) is 15.3. The van der Waals surface area contributed by atoms with E-state index >= 15 is 0 Å². The molecule has 22 heavy (non-hydrogen) atoms. The van der Waals surface area contributed by atoms with Gasteiger partial charge in [-0.2, -0.15) is 0 Å². The van der Waals surface area contributed by atoms with Crippen molar-refractivity contribution in [1.29, 1.82) is 0 Å². The predicted octanol–water partition coefficient (Wildman–Crippen LogP) is 1.20. The van der Waals surface area contributed by atoms with E-state index in [1.165, 1.54) is 17.8 Å². The number of primary amides is 1. The molecule has 2 saturated heterocycles. The molecule has 2 bridgehead atoms. The second-order valence-corrected chi connectivity index (χ2v) is 7.03. The van der Waals surface area contributed by atoms with Gasteiger partial charge < -0.3 is 21.3 Å². The molecule has 1 aromatic rings. The number of carbonyl (C=O) groups excluding carboxylic acids is 2. The topological polar surface area (TPSA) is 87.5 Å². The highest BCUT2D eigenvalue weighted by Gasteiger charge is 2.32. The maximum Gasteiger partial charge on any atom is 0.312 e. The van der Waals surface area contributed by atoms with Crippen LogP contribution in [0.15, 0.2) is 17.5 Å². The van der Waals surface area contributed by atoms with Crippen LogP contribution in [0.5, 0.6) is 0 Å². The van der Waals surface area contributed by atoms with Crippen molar-refractivity contribution in [2.24, 2.45) is 5.73 Å². The lowest BCUT2D eigenvalue weighted by Crippen LogP contribution is -2.41. The van der Waals surface area contributed by atoms with E-state index in [0.717, 1.165) is 30.8 Å². The summed E-state index contributed by atoms with van der Waals surface area (Å²) in [5.41, 5.74) is 5.25. The number of hydrogen-bond donors (Lipinski definition) is 3. The highest BCUT2D eigenvalue weighted by Crippen LogP contribution is 2.25. The lowest BCUT2D eigenvalue weighted by Gasteiger charge is -2.26. The van der Waals surface area contributed by atoms with E-state index in [1.807, 2.05) is 22.4 Å². The molecule has 0 aromatic carbocycles. The van der Waals surface area contributed by atoms with Crippen LogP contribution in [0.3, 0.4) is 0 Å². The number of rotatable bonds is 4. The van der Waals surface area contributed by atoms with E-state index in [-0.39, 0.29) is 18.4 Å². The minimum atomic E-state index is -0.595. The van der Waals surface area contributed by atoms with Gasteiger partial charge >= 0.3 is 6.03 Å². The Morgan fingerprint density at radius 3 is 2.95 bits per heavy atom. The van der Waals surface area contributed by atoms with Gasteiger partial charge in [-0.05, 0) is 30.7 Å². The Kier molecular flexibility index (Phi) is 4.63. The Labute approximate surface area is 134 Å². The van der Waals surface area contributed by atoms with Gasteiger partial charge in [-0.25, -0.2) is 4.79 Å². The molecule has 7 heteroatoms. The lowest BCUT2D eigenvalue weighted by molar-refractivity contribution is -0.131. The molecule has 6 nitrogen and oxygen atoms in total. The molecule has 2 fully saturated rings. The van der Waals surface area contributed by atoms with Crippen molar-refractivity contribution in [2.45, 2.75) is 43.8 Å². The van der Waals surface area contributed by atoms with E-state index in [1.54, 1.807) is 0 Å². The fourth-order valence-electron chi connectivity index (χ4n) is 3.36. The highest BCUT2D eigenvalue weighted by molar-refractivity contribution is 7.10. The zero-order valence-corrected chi connectivity index (χ0v) is 13.3. The summed E-state index contributed by atoms with van der Waals surface area (Å²) in [6.07, 6.45) is 3.63. The second-order valence-electron chi connectivity index (χ2n) is 6.05. The molecule has 3 amide bonds. The van der Waals surface area contributed by atoms with Crippen LogP contribution in [-0.2, 0) is 4.79 Å². The third-order valence-electron chi connectivity index (χ3n) is 4.46. The zero-order valence-electron chi connectivity index (χ0n) is 12.5. The maximum absolute atomic E-state index is 12.6. The summed E-state index contributed by atoms with van der Waals surface area (Å²) in [4.78, 5) is 26.7. The number of nitrogens with zero attached hydrogens (tertiary/aromatic N) is 1. The molecule has 3 unspecified atom stereocenters. The summed E-state index contributed by atoms with van der Waals surface area (Å²) >= 11 is 1.52. The van der Waals surface area contributed by atoms with Gasteiger partial charge in [0, 0.05) is 30.1 Å². The van der Waals surface area contributed by atoms with E-state index in [9.17, 15) is 9.59 Å². The van der Waals surface area contributed by atoms with Crippen LogP contribution >= 0.6 is 11.3 Å². The average Bonchev–Trinajstić information content (AvgIpc) is 3.07. The average molecular weight is 322 g/mol. The summed E-state index contributed by atoms with van der Waals surface area (Å²) in [7, 11) is 0. The van der Waals surface area contributed by atoms with Gasteiger partial charge in [-0.1, -0.05) is 6.07 Å². The molecule has 1 aromatic heterocycles. The molecule has 3 atom stereocenters. The Morgan fingerprint density at radius 1 is 1.41 bits per heavy atom. The van der Waals surface area contributed by atoms with E-state index in [2.05, 4.69) is 10.6 Å². The molecule has 3 heterocycles. The van der Waals surface area contributed by atoms with E-state index < -0.39 is 6.03 Å². The summed E-state index contributed by atoms with van der Waals surface area (Å²) in [6, 6.07) is 3.88. The van der Waals surface area contributed by atoms with Crippen molar-refractivity contribution in [3.8, 4) is 0 Å². The van der Waals surface area contributed by atoms with Crippen molar-refractivity contribution in [1.82, 2.24) is 15.5 Å². The van der Waals surface area contributed by atoms with Crippen LogP contribution in [0.2, 0.25) is 0 Å². The molecule has 2 aliphatic rings. The maximum atomic E-state index is 12.6. The van der Waals surface area contributed by atoms with Crippen LogP contribution in [0.1, 0.15) is 36.6 Å². The van der Waals surface area contributed by atoms with Crippen molar-refractivity contribution in [3.63, 3.8) is 0 Å². The van der Waals surface area contributed by atoms with Gasteiger partial charge in [-0.15, -0.1) is 11.3 Å². The van der Waals surface area contributed by atoms with Gasteiger partial charge in [0.2, 0.25) is 5.91 Å². The van der Waals surface area contributed by atoms with Crippen LogP contribution in [0, 0.1) is 0 Å². The van der Waals surface area contributed by atoms with Crippen LogP contribution < -0.4 is 16.4 Å². The minimum Gasteiger partial charge on any atom is -0.352 e. The SMILES string of the molecule is NC(=O)NC(CC(=O)N1CCC2CCC(C1)N2)c1cccs1. The number of fused-ring (bicyclic) bond motifs is 2. The molecular weight excluding hydrogens is 300 g/mol. The summed E-state index contributed by atoms with van der Waals surface area (Å²) in [5.74, 6) is 0.0847. The second kappa shape index (κ2) is 6.66. The third kappa shape index (κ3) is 3.59. The summed E-state index contributed by atoms with van der Waals surface area (Å²) in [6.45, 7) is 1.56. The predicted molar refractivity (Wildman–Crippen MR) is 85.5 cm³/mol. The van der Waals surface area contributed by atoms with Crippen LogP contribution in [-0.4, -0.2) is 42.0 Å². The number of likely N-dealkylation sites (tertiary alicyclic amines) is 1. The van der Waals surface area contributed by atoms with Crippen molar-refractivity contribution < 1.29 is 9.59 Å². The molecule has 2 aliphatic heterocycles. The summed E-state index contributed by atoms with van der Waals surface area (Å²) in [5, 5.41) is 8.19. The normalized spacial score (nSPS) is 25.5. The van der Waals surface area contributed by atoms with Crippen molar-refractivity contribution in [3.05, 3.63) is 22.4 Å². The Bertz CT molecular complexity index is 534. The molecule has 0 saturated carbocycles. The van der Waals surface area contributed by atoms with Crippen LogP contribution in [0.25, 0.3) is 0 Å². The number of carbonyl (C=O) groups is 2. The number of thiophene rings is 1. The molecule has 3 rings (SSSR count). The molecular formula is C15H22N4O2S. The van der Waals surface area contributed by atoms with Gasteiger partial charge in [0.1, 0.15) is 0 Å². The fourth-order valence-corrected chi connectivity index (χ4v) is 4.14. The standard InChI is InChI=1S/C15H22N4O2S/c16-15(21)18-12(13-2-1-7-22-13)8-14(20)19-6-5-10-3-4-11(9-19)17-10/h1-2,7,10-12,17H,3-6,8-9H2,(H3,16,18,21). The van der Waals surface area contributed by atoms with Crippen LogP contribution in [0.4, 0.5) is 4.79 Å². The molecule has 0 spiro atoms. The van der Waals surface area contributed by atoms with Gasteiger partial charge in [0.05, 0.1) is 12.5 Å². The smallest absolute Gasteiger partial charge is 0.312 e. The number of amides is 3. The van der Waals surface area contributed by atoms with Crippen molar-refractivity contribution in [2.75, 3.05) is 13.1 Å². The number of hydrogen-bond acceptors (Lipinski definition) is 4. The van der Waals surface area contributed by atoms with Gasteiger partial charge in [-0.3, -0.25) is 4.79 Å². The number of nitrogens with one attached hydrogen (secondary N) is 2. The number of nitrogens with two attached hydrogens (primary N) is 1. The first-order valence-electron chi connectivity index (χ1n) is 7.75. The quantitative estimate of drug-likeness (QED) is 0.778.